The second-order valence-electron chi connectivity index (χ2n) is 5.20. The summed E-state index contributed by atoms with van der Waals surface area (Å²) in [6.45, 7) is 0.1000. The zero-order valence-electron chi connectivity index (χ0n) is 12.9. The SMILES string of the molecule is COc1ccc(CNC(=O)COC(=O)C2CCC2)cc1OC. The Hall–Kier alpha value is -2.24. The second kappa shape index (κ2) is 7.68. The smallest absolute Gasteiger partial charge is 0.309 e. The summed E-state index contributed by atoms with van der Waals surface area (Å²) in [5.74, 6) is 0.631. The minimum absolute atomic E-state index is 0.0151. The fourth-order valence-electron chi connectivity index (χ4n) is 2.14. The van der Waals surface area contributed by atoms with E-state index in [-0.39, 0.29) is 24.4 Å². The first-order valence-electron chi connectivity index (χ1n) is 7.28. The van der Waals surface area contributed by atoms with Crippen molar-refractivity contribution in [3.63, 3.8) is 0 Å². The lowest BCUT2D eigenvalue weighted by Gasteiger charge is -2.22. The van der Waals surface area contributed by atoms with Crippen molar-refractivity contribution in [1.29, 1.82) is 0 Å². The molecule has 0 unspecified atom stereocenters. The van der Waals surface area contributed by atoms with E-state index in [4.69, 9.17) is 14.2 Å². The molecule has 120 valence electrons. The van der Waals surface area contributed by atoms with E-state index in [9.17, 15) is 9.59 Å². The van der Waals surface area contributed by atoms with Crippen LogP contribution < -0.4 is 14.8 Å². The van der Waals surface area contributed by atoms with Crippen LogP contribution in [0.15, 0.2) is 18.2 Å². The van der Waals surface area contributed by atoms with Gasteiger partial charge in [0.25, 0.3) is 5.91 Å². The second-order valence-corrected chi connectivity index (χ2v) is 5.20. The molecule has 6 nitrogen and oxygen atoms in total. The van der Waals surface area contributed by atoms with Crippen LogP contribution in [0.2, 0.25) is 0 Å². The zero-order valence-corrected chi connectivity index (χ0v) is 12.9. The fraction of sp³-hybridized carbons (Fsp3) is 0.500. The first-order chi connectivity index (χ1) is 10.6. The van der Waals surface area contributed by atoms with Crippen molar-refractivity contribution in [2.45, 2.75) is 25.8 Å². The summed E-state index contributed by atoms with van der Waals surface area (Å²) < 4.78 is 15.3. The Morgan fingerprint density at radius 3 is 2.50 bits per heavy atom. The highest BCUT2D eigenvalue weighted by atomic mass is 16.5. The van der Waals surface area contributed by atoms with E-state index in [0.717, 1.165) is 24.8 Å². The normalized spacial score (nSPS) is 13.9. The first-order valence-corrected chi connectivity index (χ1v) is 7.28. The highest BCUT2D eigenvalue weighted by molar-refractivity contribution is 5.81. The number of rotatable bonds is 7. The minimum Gasteiger partial charge on any atom is -0.493 e. The number of esters is 1. The Morgan fingerprint density at radius 1 is 1.18 bits per heavy atom. The molecule has 0 atom stereocenters. The van der Waals surface area contributed by atoms with Gasteiger partial charge in [0, 0.05) is 6.54 Å². The summed E-state index contributed by atoms with van der Waals surface area (Å²) in [6.07, 6.45) is 2.80. The van der Waals surface area contributed by atoms with Crippen LogP contribution in [-0.4, -0.2) is 32.7 Å². The van der Waals surface area contributed by atoms with E-state index in [1.165, 1.54) is 0 Å². The maximum atomic E-state index is 11.7. The highest BCUT2D eigenvalue weighted by Crippen LogP contribution is 2.28. The van der Waals surface area contributed by atoms with Crippen LogP contribution in [0.4, 0.5) is 0 Å². The van der Waals surface area contributed by atoms with E-state index in [1.54, 1.807) is 26.4 Å². The van der Waals surface area contributed by atoms with Gasteiger partial charge in [-0.1, -0.05) is 12.5 Å². The predicted molar refractivity (Wildman–Crippen MR) is 79.7 cm³/mol. The molecule has 1 fully saturated rings. The number of ether oxygens (including phenoxy) is 3. The van der Waals surface area contributed by atoms with E-state index in [0.29, 0.717) is 18.0 Å². The van der Waals surface area contributed by atoms with Gasteiger partial charge < -0.3 is 19.5 Å². The van der Waals surface area contributed by atoms with Crippen LogP contribution in [-0.2, 0) is 20.9 Å². The predicted octanol–water partition coefficient (Wildman–Crippen LogP) is 1.66. The summed E-state index contributed by atoms with van der Waals surface area (Å²) >= 11 is 0. The van der Waals surface area contributed by atoms with Gasteiger partial charge in [-0.2, -0.15) is 0 Å². The van der Waals surface area contributed by atoms with Gasteiger partial charge in [-0.15, -0.1) is 0 Å². The Labute approximate surface area is 129 Å². The van der Waals surface area contributed by atoms with Gasteiger partial charge in [0.05, 0.1) is 20.1 Å². The molecule has 2 rings (SSSR count). The largest absolute Gasteiger partial charge is 0.493 e. The molecule has 1 aromatic carbocycles. The molecule has 0 aromatic heterocycles. The number of carbonyl (C=O) groups is 2. The third-order valence-electron chi connectivity index (χ3n) is 3.72. The molecular weight excluding hydrogens is 286 g/mol. The Morgan fingerprint density at radius 2 is 1.91 bits per heavy atom. The summed E-state index contributed by atoms with van der Waals surface area (Å²) in [4.78, 5) is 23.2. The van der Waals surface area contributed by atoms with Crippen LogP contribution in [0, 0.1) is 5.92 Å². The molecule has 1 aliphatic carbocycles. The van der Waals surface area contributed by atoms with Gasteiger partial charge in [-0.3, -0.25) is 9.59 Å². The molecule has 0 radical (unpaired) electrons. The Balaban J connectivity index is 1.76. The number of benzene rings is 1. The number of nitrogens with one attached hydrogen (secondary N) is 1. The van der Waals surface area contributed by atoms with Gasteiger partial charge in [0.1, 0.15) is 0 Å². The monoisotopic (exact) mass is 307 g/mol. The average Bonchev–Trinajstić information content (AvgIpc) is 2.48. The van der Waals surface area contributed by atoms with Crippen molar-refractivity contribution in [3.8, 4) is 11.5 Å². The molecule has 0 bridgehead atoms. The van der Waals surface area contributed by atoms with Crippen molar-refractivity contribution < 1.29 is 23.8 Å². The number of hydrogen-bond donors (Lipinski definition) is 1. The molecule has 0 aliphatic heterocycles. The lowest BCUT2D eigenvalue weighted by atomic mass is 9.86. The van der Waals surface area contributed by atoms with Gasteiger partial charge >= 0.3 is 5.97 Å². The van der Waals surface area contributed by atoms with E-state index in [1.807, 2.05) is 6.07 Å². The maximum absolute atomic E-state index is 11.7. The van der Waals surface area contributed by atoms with Gasteiger partial charge in [0.2, 0.25) is 0 Å². The summed E-state index contributed by atoms with van der Waals surface area (Å²) in [5, 5.41) is 2.71. The number of methoxy groups -OCH3 is 2. The molecule has 0 heterocycles. The Kier molecular flexibility index (Phi) is 5.63. The number of carbonyl (C=O) groups excluding carboxylic acids is 2. The maximum Gasteiger partial charge on any atom is 0.309 e. The fourth-order valence-corrected chi connectivity index (χ4v) is 2.14. The number of amides is 1. The quantitative estimate of drug-likeness (QED) is 0.776. The van der Waals surface area contributed by atoms with Crippen molar-refractivity contribution in [2.24, 2.45) is 5.92 Å². The topological polar surface area (TPSA) is 73.9 Å². The zero-order chi connectivity index (χ0) is 15.9. The number of hydrogen-bond acceptors (Lipinski definition) is 5. The van der Waals surface area contributed by atoms with Crippen LogP contribution in [0.3, 0.4) is 0 Å². The molecule has 0 saturated heterocycles. The van der Waals surface area contributed by atoms with Gasteiger partial charge in [-0.25, -0.2) is 0 Å². The molecular formula is C16H21NO5. The third-order valence-corrected chi connectivity index (χ3v) is 3.72. The van der Waals surface area contributed by atoms with Crippen LogP contribution in [0.25, 0.3) is 0 Å². The molecule has 6 heteroatoms. The Bertz CT molecular complexity index is 539. The van der Waals surface area contributed by atoms with Gasteiger partial charge in [0.15, 0.2) is 18.1 Å². The van der Waals surface area contributed by atoms with E-state index < -0.39 is 0 Å². The molecule has 1 aromatic rings. The van der Waals surface area contributed by atoms with Crippen LogP contribution in [0.5, 0.6) is 11.5 Å². The summed E-state index contributed by atoms with van der Waals surface area (Å²) in [7, 11) is 3.12. The summed E-state index contributed by atoms with van der Waals surface area (Å²) in [6, 6.07) is 5.40. The van der Waals surface area contributed by atoms with E-state index in [2.05, 4.69) is 5.32 Å². The molecule has 1 amide bonds. The lowest BCUT2D eigenvalue weighted by molar-refractivity contribution is -0.155. The van der Waals surface area contributed by atoms with E-state index >= 15 is 0 Å². The van der Waals surface area contributed by atoms with Crippen molar-refractivity contribution >= 4 is 11.9 Å². The summed E-state index contributed by atoms with van der Waals surface area (Å²) in [5.41, 5.74) is 0.872. The molecule has 1 saturated carbocycles. The van der Waals surface area contributed by atoms with Crippen molar-refractivity contribution in [3.05, 3.63) is 23.8 Å². The molecule has 1 aliphatic rings. The highest BCUT2D eigenvalue weighted by Gasteiger charge is 2.26. The van der Waals surface area contributed by atoms with Crippen LogP contribution >= 0.6 is 0 Å². The minimum atomic E-state index is -0.317. The molecule has 0 spiro atoms. The van der Waals surface area contributed by atoms with Crippen LogP contribution in [0.1, 0.15) is 24.8 Å². The lowest BCUT2D eigenvalue weighted by Crippen LogP contribution is -2.31. The van der Waals surface area contributed by atoms with Gasteiger partial charge in [-0.05, 0) is 30.5 Å². The van der Waals surface area contributed by atoms with Crippen molar-refractivity contribution in [2.75, 3.05) is 20.8 Å². The standard InChI is InChI=1S/C16H21NO5/c1-20-13-7-6-11(8-14(13)21-2)9-17-15(18)10-22-16(19)12-4-3-5-12/h6-8,12H,3-5,9-10H2,1-2H3,(H,17,18). The first kappa shape index (κ1) is 16.1. The molecule has 1 N–H and O–H groups in total. The third kappa shape index (κ3) is 4.13. The molecule has 22 heavy (non-hydrogen) atoms. The van der Waals surface area contributed by atoms with Crippen molar-refractivity contribution in [1.82, 2.24) is 5.32 Å². The average molecular weight is 307 g/mol.